The van der Waals surface area contributed by atoms with Crippen molar-refractivity contribution in [3.8, 4) is 5.75 Å². The largest absolute Gasteiger partial charge is 0.490 e. The van der Waals surface area contributed by atoms with E-state index in [0.29, 0.717) is 38.3 Å². The molecule has 1 saturated carbocycles. The number of sulfonamides is 1. The molecule has 2 N–H and O–H groups in total. The fraction of sp³-hybridized carbons (Fsp3) is 0.528. The third-order valence-corrected chi connectivity index (χ3v) is 11.3. The molecule has 9 heteroatoms. The number of ether oxygens (including phenoxy) is 1. The molecule has 1 fully saturated rings. The number of aliphatic hydroxyl groups excluding tert-OH is 1. The van der Waals surface area contributed by atoms with Gasteiger partial charge >= 0.3 is 0 Å². The molecule has 2 aromatic rings. The number of rotatable bonds is 13. The summed E-state index contributed by atoms with van der Waals surface area (Å²) in [6.07, 6.45) is 14.1. The number of hydrogen-bond acceptors (Lipinski definition) is 6. The number of halogens is 1. The standard InChI is InChI=1S/C36H47ClN2O5S/c1-3-5-7-9-20-45(42,43)38-35(41)27-14-18-34-32(22-27)39(23-28-13-16-30(28)33(40)12-8-6-4-2)24-36(25-44-34)19-10-11-26-21-29(37)15-17-31(26)36/h3,8,12,14-15,17-18,21-22,28,30,33,40H,1,4-7,9-11,13,16,19-20,23-25H2,2H3,(H,38,41)/b12-8+/t28-,30+,33?,36-/m0/s1. The van der Waals surface area contributed by atoms with Crippen LogP contribution in [-0.2, 0) is 21.9 Å². The third-order valence-electron chi connectivity index (χ3n) is 9.78. The minimum Gasteiger partial charge on any atom is -0.490 e. The molecule has 1 heterocycles. The Labute approximate surface area is 273 Å². The summed E-state index contributed by atoms with van der Waals surface area (Å²) in [5, 5.41) is 11.7. The van der Waals surface area contributed by atoms with Crippen LogP contribution in [0.25, 0.3) is 0 Å². The highest BCUT2D eigenvalue weighted by Gasteiger charge is 2.44. The number of fused-ring (bicyclic) bond motifs is 3. The number of aliphatic hydroxyl groups is 1. The maximum absolute atomic E-state index is 13.3. The first-order valence-corrected chi connectivity index (χ1v) is 18.5. The van der Waals surface area contributed by atoms with Gasteiger partial charge in [0.1, 0.15) is 5.75 Å². The first kappa shape index (κ1) is 33.6. The summed E-state index contributed by atoms with van der Waals surface area (Å²) in [5.74, 6) is 0.358. The van der Waals surface area contributed by atoms with E-state index in [1.165, 1.54) is 11.1 Å². The second-order valence-corrected chi connectivity index (χ2v) is 15.3. The van der Waals surface area contributed by atoms with E-state index < -0.39 is 22.0 Å². The minimum absolute atomic E-state index is 0.114. The van der Waals surface area contributed by atoms with Gasteiger partial charge in [-0.05, 0) is 111 Å². The summed E-state index contributed by atoms with van der Waals surface area (Å²) in [4.78, 5) is 15.6. The summed E-state index contributed by atoms with van der Waals surface area (Å²) in [6, 6.07) is 11.4. The van der Waals surface area contributed by atoms with Gasteiger partial charge in [-0.1, -0.05) is 49.2 Å². The van der Waals surface area contributed by atoms with Crippen molar-refractivity contribution < 1.29 is 23.1 Å². The van der Waals surface area contributed by atoms with Gasteiger partial charge in [-0.3, -0.25) is 4.79 Å². The van der Waals surface area contributed by atoms with Gasteiger partial charge in [0.15, 0.2) is 0 Å². The molecule has 45 heavy (non-hydrogen) atoms. The molecule has 244 valence electrons. The molecule has 4 atom stereocenters. The van der Waals surface area contributed by atoms with Crippen LogP contribution in [0, 0.1) is 11.8 Å². The summed E-state index contributed by atoms with van der Waals surface area (Å²) < 4.78 is 34.2. The number of allylic oxidation sites excluding steroid dienone is 2. The summed E-state index contributed by atoms with van der Waals surface area (Å²) in [6.45, 7) is 7.69. The molecule has 1 spiro atoms. The first-order valence-electron chi connectivity index (χ1n) is 16.5. The Morgan fingerprint density at radius 1 is 1.22 bits per heavy atom. The van der Waals surface area contributed by atoms with Crippen LogP contribution in [0.1, 0.15) is 86.2 Å². The summed E-state index contributed by atoms with van der Waals surface area (Å²) in [7, 11) is -3.77. The molecular weight excluding hydrogens is 608 g/mol. The monoisotopic (exact) mass is 654 g/mol. The highest BCUT2D eigenvalue weighted by Crippen LogP contribution is 2.46. The highest BCUT2D eigenvalue weighted by molar-refractivity contribution is 7.90. The molecule has 3 aliphatic rings. The van der Waals surface area contributed by atoms with Gasteiger partial charge in [0.25, 0.3) is 5.91 Å². The predicted molar refractivity (Wildman–Crippen MR) is 182 cm³/mol. The van der Waals surface area contributed by atoms with Crippen molar-refractivity contribution in [1.29, 1.82) is 0 Å². The Morgan fingerprint density at radius 3 is 2.82 bits per heavy atom. The van der Waals surface area contributed by atoms with E-state index in [4.69, 9.17) is 16.3 Å². The van der Waals surface area contributed by atoms with Gasteiger partial charge in [0.05, 0.1) is 24.2 Å². The molecule has 2 aromatic carbocycles. The molecule has 0 aromatic heterocycles. The van der Waals surface area contributed by atoms with Crippen LogP contribution in [0.2, 0.25) is 5.02 Å². The average molecular weight is 655 g/mol. The minimum atomic E-state index is -3.77. The van der Waals surface area contributed by atoms with Crippen LogP contribution in [0.4, 0.5) is 5.69 Å². The summed E-state index contributed by atoms with van der Waals surface area (Å²) in [5.41, 5.74) is 3.29. The number of carbonyl (C=O) groups excluding carboxylic acids is 1. The second-order valence-electron chi connectivity index (χ2n) is 13.0. The number of amides is 1. The van der Waals surface area contributed by atoms with Crippen LogP contribution in [0.5, 0.6) is 5.75 Å². The fourth-order valence-corrected chi connectivity index (χ4v) is 8.47. The number of unbranched alkanes of at least 4 members (excludes halogenated alkanes) is 3. The first-order chi connectivity index (χ1) is 21.6. The van der Waals surface area contributed by atoms with Crippen molar-refractivity contribution in [3.63, 3.8) is 0 Å². The summed E-state index contributed by atoms with van der Waals surface area (Å²) >= 11 is 6.40. The number of hydrogen-bond donors (Lipinski definition) is 2. The topological polar surface area (TPSA) is 95.9 Å². The third kappa shape index (κ3) is 7.95. The van der Waals surface area contributed by atoms with E-state index in [0.717, 1.165) is 62.1 Å². The van der Waals surface area contributed by atoms with E-state index in [2.05, 4.69) is 41.3 Å². The quantitative estimate of drug-likeness (QED) is 0.179. The van der Waals surface area contributed by atoms with Crippen molar-refractivity contribution in [1.82, 2.24) is 4.72 Å². The van der Waals surface area contributed by atoms with Crippen molar-refractivity contribution in [2.24, 2.45) is 11.8 Å². The van der Waals surface area contributed by atoms with Crippen LogP contribution < -0.4 is 14.4 Å². The van der Waals surface area contributed by atoms with Gasteiger partial charge < -0.3 is 14.7 Å². The number of benzene rings is 2. The molecule has 0 saturated heterocycles. The van der Waals surface area contributed by atoms with Crippen molar-refractivity contribution in [2.75, 3.05) is 30.3 Å². The lowest BCUT2D eigenvalue weighted by Gasteiger charge is -2.45. The number of carbonyl (C=O) groups is 1. The fourth-order valence-electron chi connectivity index (χ4n) is 7.19. The normalized spacial score (nSPS) is 23.4. The van der Waals surface area contributed by atoms with E-state index in [-0.39, 0.29) is 28.6 Å². The average Bonchev–Trinajstić information content (AvgIpc) is 3.14. The van der Waals surface area contributed by atoms with Crippen LogP contribution >= 0.6 is 11.6 Å². The Kier molecular flexibility index (Phi) is 11.0. The lowest BCUT2D eigenvalue weighted by Crippen LogP contribution is -2.49. The number of aryl methyl sites for hydroxylation is 1. The molecule has 1 unspecified atom stereocenters. The van der Waals surface area contributed by atoms with Crippen LogP contribution in [0.3, 0.4) is 0 Å². The Morgan fingerprint density at radius 2 is 2.07 bits per heavy atom. The second kappa shape index (κ2) is 14.7. The van der Waals surface area contributed by atoms with Gasteiger partial charge in [-0.2, -0.15) is 0 Å². The van der Waals surface area contributed by atoms with Gasteiger partial charge in [0, 0.05) is 29.1 Å². The molecular formula is C36H47ClN2O5S. The van der Waals surface area contributed by atoms with Crippen molar-refractivity contribution in [3.05, 3.63) is 82.9 Å². The van der Waals surface area contributed by atoms with Crippen molar-refractivity contribution in [2.45, 2.75) is 82.7 Å². The van der Waals surface area contributed by atoms with E-state index in [1.54, 1.807) is 24.3 Å². The number of anilines is 1. The maximum atomic E-state index is 13.3. The van der Waals surface area contributed by atoms with E-state index in [9.17, 15) is 18.3 Å². The molecule has 5 rings (SSSR count). The van der Waals surface area contributed by atoms with Crippen LogP contribution in [0.15, 0.2) is 61.2 Å². The lowest BCUT2D eigenvalue weighted by molar-refractivity contribution is 0.0456. The smallest absolute Gasteiger partial charge is 0.264 e. The lowest BCUT2D eigenvalue weighted by atomic mass is 9.68. The van der Waals surface area contributed by atoms with Gasteiger partial charge in [0.2, 0.25) is 10.0 Å². The molecule has 0 radical (unpaired) electrons. The van der Waals surface area contributed by atoms with Crippen LogP contribution in [-0.4, -0.2) is 51.0 Å². The molecule has 1 aliphatic heterocycles. The van der Waals surface area contributed by atoms with E-state index in [1.807, 2.05) is 12.1 Å². The zero-order chi connectivity index (χ0) is 32.0. The highest BCUT2D eigenvalue weighted by atomic mass is 35.5. The zero-order valence-electron chi connectivity index (χ0n) is 26.3. The zero-order valence-corrected chi connectivity index (χ0v) is 27.9. The number of nitrogens with zero attached hydrogens (tertiary/aromatic N) is 1. The molecule has 7 nitrogen and oxygen atoms in total. The van der Waals surface area contributed by atoms with E-state index >= 15 is 0 Å². The number of nitrogens with one attached hydrogen (secondary N) is 1. The molecule has 2 aliphatic carbocycles. The van der Waals surface area contributed by atoms with Crippen molar-refractivity contribution >= 4 is 33.2 Å². The Balaban J connectivity index is 1.44. The van der Waals surface area contributed by atoms with Gasteiger partial charge in [-0.15, -0.1) is 6.58 Å². The Bertz CT molecular complexity index is 1510. The predicted octanol–water partition coefficient (Wildman–Crippen LogP) is 6.97. The Hall–Kier alpha value is -2.81. The molecule has 1 amide bonds. The SMILES string of the molecule is C=CCCCCS(=O)(=O)NC(=O)c1ccc2c(c1)N(C[C@@H]1CC[C@H]1C(O)/C=C/CCC)C[C@@]1(CCCc3cc(Cl)ccc31)CO2. The van der Waals surface area contributed by atoms with Gasteiger partial charge in [-0.25, -0.2) is 13.1 Å². The molecule has 0 bridgehead atoms. The maximum Gasteiger partial charge on any atom is 0.264 e.